The van der Waals surface area contributed by atoms with E-state index in [1.807, 2.05) is 60.7 Å². The van der Waals surface area contributed by atoms with Crippen LogP contribution in [0.2, 0.25) is 0 Å². The van der Waals surface area contributed by atoms with Gasteiger partial charge in [0.05, 0.1) is 7.11 Å². The van der Waals surface area contributed by atoms with Crippen LogP contribution in [-0.4, -0.2) is 42.3 Å². The highest BCUT2D eigenvalue weighted by atomic mass is 16.6. The fourth-order valence-corrected chi connectivity index (χ4v) is 3.23. The number of phenols is 1. The van der Waals surface area contributed by atoms with E-state index in [4.69, 9.17) is 14.2 Å². The van der Waals surface area contributed by atoms with E-state index in [2.05, 4.69) is 0 Å². The van der Waals surface area contributed by atoms with E-state index in [1.165, 1.54) is 25.1 Å². The monoisotopic (exact) mass is 449 g/mol. The molecule has 0 unspecified atom stereocenters. The molecule has 0 saturated heterocycles. The molecule has 33 heavy (non-hydrogen) atoms. The number of phenolic OH excluding ortho intramolecular Hbond substituents is 1. The van der Waals surface area contributed by atoms with Crippen molar-refractivity contribution in [3.63, 3.8) is 0 Å². The Kier molecular flexibility index (Phi) is 8.30. The van der Waals surface area contributed by atoms with Crippen molar-refractivity contribution in [3.8, 4) is 11.5 Å². The number of methoxy groups -OCH3 is 1. The van der Waals surface area contributed by atoms with Gasteiger partial charge in [0.25, 0.3) is 0 Å². The van der Waals surface area contributed by atoms with E-state index in [0.717, 1.165) is 11.1 Å². The lowest BCUT2D eigenvalue weighted by Crippen LogP contribution is -2.44. The van der Waals surface area contributed by atoms with Gasteiger partial charge < -0.3 is 19.3 Å². The highest BCUT2D eigenvalue weighted by Gasteiger charge is 2.29. The topological polar surface area (TPSA) is 85.3 Å². The number of carbonyl (C=O) groups excluding carboxylic acids is 2. The standard InChI is InChI=1S/C26H27NO6/c1-27(26(30)33-18-20-11-7-4-8-12-20)22(25(29)31-2)15-21-13-14-24(23(28)16-21)32-17-19-9-5-3-6-10-19/h3-14,16,22,28H,15,17-18H2,1-2H3/t22-/m0/s1. The molecule has 3 rings (SSSR count). The van der Waals surface area contributed by atoms with Crippen molar-refractivity contribution in [2.24, 2.45) is 0 Å². The van der Waals surface area contributed by atoms with Crippen molar-refractivity contribution in [2.75, 3.05) is 14.2 Å². The Bertz CT molecular complexity index is 1050. The van der Waals surface area contributed by atoms with E-state index in [9.17, 15) is 14.7 Å². The average Bonchev–Trinajstić information content (AvgIpc) is 2.85. The quantitative estimate of drug-likeness (QED) is 0.490. The zero-order chi connectivity index (χ0) is 23.6. The number of benzene rings is 3. The Morgan fingerprint density at radius 1 is 0.879 bits per heavy atom. The highest BCUT2D eigenvalue weighted by Crippen LogP contribution is 2.28. The number of hydrogen-bond donors (Lipinski definition) is 1. The van der Waals surface area contributed by atoms with Gasteiger partial charge in [-0.2, -0.15) is 0 Å². The maximum atomic E-state index is 12.5. The van der Waals surface area contributed by atoms with Gasteiger partial charge in [-0.25, -0.2) is 9.59 Å². The van der Waals surface area contributed by atoms with Crippen molar-refractivity contribution in [1.82, 2.24) is 4.90 Å². The number of likely N-dealkylation sites (N-methyl/N-ethyl adjacent to an activating group) is 1. The number of carbonyl (C=O) groups is 2. The number of amides is 1. The summed E-state index contributed by atoms with van der Waals surface area (Å²) in [5.74, 6) is -0.313. The molecule has 0 radical (unpaired) electrons. The second-order valence-electron chi connectivity index (χ2n) is 7.47. The van der Waals surface area contributed by atoms with Crippen LogP contribution in [0.5, 0.6) is 11.5 Å². The van der Waals surface area contributed by atoms with Crippen LogP contribution < -0.4 is 4.74 Å². The molecule has 3 aromatic rings. The van der Waals surface area contributed by atoms with Crippen LogP contribution in [0, 0.1) is 0 Å². The number of hydrogen-bond acceptors (Lipinski definition) is 6. The lowest BCUT2D eigenvalue weighted by Gasteiger charge is -2.25. The molecule has 0 aromatic heterocycles. The summed E-state index contributed by atoms with van der Waals surface area (Å²) in [5.41, 5.74) is 2.45. The number of rotatable bonds is 9. The van der Waals surface area contributed by atoms with Gasteiger partial charge in [-0.3, -0.25) is 4.90 Å². The molecule has 0 heterocycles. The van der Waals surface area contributed by atoms with Crippen LogP contribution >= 0.6 is 0 Å². The van der Waals surface area contributed by atoms with Gasteiger partial charge in [-0.05, 0) is 28.8 Å². The number of esters is 1. The van der Waals surface area contributed by atoms with Gasteiger partial charge in [0.1, 0.15) is 19.3 Å². The molecule has 0 aliphatic carbocycles. The molecule has 3 aromatic carbocycles. The molecule has 0 fully saturated rings. The molecule has 0 saturated carbocycles. The maximum Gasteiger partial charge on any atom is 0.410 e. The van der Waals surface area contributed by atoms with Gasteiger partial charge >= 0.3 is 12.1 Å². The minimum atomic E-state index is -0.922. The lowest BCUT2D eigenvalue weighted by molar-refractivity contribution is -0.146. The summed E-state index contributed by atoms with van der Waals surface area (Å²) >= 11 is 0. The summed E-state index contributed by atoms with van der Waals surface area (Å²) in [7, 11) is 2.74. The Hall–Kier alpha value is -4.00. The Morgan fingerprint density at radius 3 is 2.06 bits per heavy atom. The van der Waals surface area contributed by atoms with Crippen LogP contribution in [0.4, 0.5) is 4.79 Å². The predicted molar refractivity (Wildman–Crippen MR) is 123 cm³/mol. The summed E-state index contributed by atoms with van der Waals surface area (Å²) in [5, 5.41) is 10.4. The van der Waals surface area contributed by atoms with Crippen molar-refractivity contribution >= 4 is 12.1 Å². The van der Waals surface area contributed by atoms with Crippen LogP contribution in [0.1, 0.15) is 16.7 Å². The molecular formula is C26H27NO6. The van der Waals surface area contributed by atoms with Crippen LogP contribution in [0.15, 0.2) is 78.9 Å². The molecule has 172 valence electrons. The third-order valence-corrected chi connectivity index (χ3v) is 5.12. The minimum Gasteiger partial charge on any atom is -0.504 e. The van der Waals surface area contributed by atoms with E-state index in [0.29, 0.717) is 17.9 Å². The van der Waals surface area contributed by atoms with E-state index >= 15 is 0 Å². The average molecular weight is 450 g/mol. The SMILES string of the molecule is COC(=O)[C@H](Cc1ccc(OCc2ccccc2)c(O)c1)N(C)C(=O)OCc1ccccc1. The van der Waals surface area contributed by atoms with Gasteiger partial charge in [-0.1, -0.05) is 66.7 Å². The first-order valence-corrected chi connectivity index (χ1v) is 10.5. The van der Waals surface area contributed by atoms with Crippen molar-refractivity contribution in [3.05, 3.63) is 95.6 Å². The summed E-state index contributed by atoms with van der Waals surface area (Å²) in [6.45, 7) is 0.403. The second-order valence-corrected chi connectivity index (χ2v) is 7.47. The molecule has 1 atom stereocenters. The molecule has 1 amide bonds. The van der Waals surface area contributed by atoms with Crippen LogP contribution in [-0.2, 0) is 33.9 Å². The van der Waals surface area contributed by atoms with Crippen molar-refractivity contribution in [2.45, 2.75) is 25.7 Å². The molecule has 7 heteroatoms. The zero-order valence-electron chi connectivity index (χ0n) is 18.6. The Labute approximate surface area is 193 Å². The van der Waals surface area contributed by atoms with Gasteiger partial charge in [0.2, 0.25) is 0 Å². The molecule has 0 aliphatic rings. The lowest BCUT2D eigenvalue weighted by atomic mass is 10.0. The summed E-state index contributed by atoms with van der Waals surface area (Å²) in [6.07, 6.45) is -0.517. The van der Waals surface area contributed by atoms with Gasteiger partial charge in [0.15, 0.2) is 11.5 Å². The third kappa shape index (κ3) is 6.74. The first-order chi connectivity index (χ1) is 16.0. The fourth-order valence-electron chi connectivity index (χ4n) is 3.23. The Balaban J connectivity index is 1.64. The number of ether oxygens (including phenoxy) is 3. The summed E-state index contributed by atoms with van der Waals surface area (Å²) in [4.78, 5) is 26.1. The van der Waals surface area contributed by atoms with E-state index in [1.54, 1.807) is 12.1 Å². The van der Waals surface area contributed by atoms with Crippen molar-refractivity contribution in [1.29, 1.82) is 0 Å². The van der Waals surface area contributed by atoms with Crippen LogP contribution in [0.3, 0.4) is 0 Å². The van der Waals surface area contributed by atoms with E-state index < -0.39 is 18.1 Å². The zero-order valence-corrected chi connectivity index (χ0v) is 18.6. The first kappa shape index (κ1) is 23.7. The van der Waals surface area contributed by atoms with Gasteiger partial charge in [0, 0.05) is 13.5 Å². The van der Waals surface area contributed by atoms with Gasteiger partial charge in [-0.15, -0.1) is 0 Å². The minimum absolute atomic E-state index is 0.0543. The fraction of sp³-hybridized carbons (Fsp3) is 0.231. The second kappa shape index (κ2) is 11.6. The largest absolute Gasteiger partial charge is 0.504 e. The number of aromatic hydroxyl groups is 1. The highest BCUT2D eigenvalue weighted by molar-refractivity contribution is 5.81. The van der Waals surface area contributed by atoms with Crippen LogP contribution in [0.25, 0.3) is 0 Å². The number of nitrogens with zero attached hydrogens (tertiary/aromatic N) is 1. The summed E-state index contributed by atoms with van der Waals surface area (Å²) in [6, 6.07) is 22.8. The predicted octanol–water partition coefficient (Wildman–Crippen LogP) is 4.32. The molecule has 1 N–H and O–H groups in total. The third-order valence-electron chi connectivity index (χ3n) is 5.12. The molecule has 0 bridgehead atoms. The molecule has 0 aliphatic heterocycles. The maximum absolute atomic E-state index is 12.5. The van der Waals surface area contributed by atoms with E-state index in [-0.39, 0.29) is 18.8 Å². The summed E-state index contributed by atoms with van der Waals surface area (Å²) < 4.78 is 15.9. The normalized spacial score (nSPS) is 11.3. The molecule has 0 spiro atoms. The smallest absolute Gasteiger partial charge is 0.410 e. The molecule has 7 nitrogen and oxygen atoms in total. The van der Waals surface area contributed by atoms with Crippen molar-refractivity contribution < 1.29 is 28.9 Å². The first-order valence-electron chi connectivity index (χ1n) is 10.5. The molecular weight excluding hydrogens is 422 g/mol. The Morgan fingerprint density at radius 2 is 1.48 bits per heavy atom.